The van der Waals surface area contributed by atoms with Crippen LogP contribution in [0.15, 0.2) is 20.0 Å². The molecule has 0 aliphatic rings. The molecule has 0 saturated heterocycles. The Labute approximate surface area is 106 Å². The normalized spacial score (nSPS) is 13.5. The smallest absolute Gasteiger partial charge is 0.247 e. The van der Waals surface area contributed by atoms with Crippen molar-refractivity contribution in [1.82, 2.24) is 0 Å². The summed E-state index contributed by atoms with van der Waals surface area (Å²) in [5, 5.41) is 0. The average Bonchev–Trinajstić information content (AvgIpc) is 2.35. The summed E-state index contributed by atoms with van der Waals surface area (Å²) < 4.78 is 13.6. The number of carbonyl (C=O) groups excluding carboxylic acids is 4. The van der Waals surface area contributed by atoms with Gasteiger partial charge < -0.3 is 0 Å². The van der Waals surface area contributed by atoms with Crippen LogP contribution in [0.2, 0.25) is 0 Å². The van der Waals surface area contributed by atoms with Gasteiger partial charge in [-0.1, -0.05) is 0 Å². The van der Waals surface area contributed by atoms with Gasteiger partial charge >= 0.3 is 0 Å². The number of halogens is 1. The standard InChI is InChI=1S/C10H9FN4O4/c11-9(2-1-3-12-5-16)4-10(13-6-17,14-7-18)15-8-19/h9H,1-4H2. The lowest BCUT2D eigenvalue weighted by Gasteiger charge is -2.17. The summed E-state index contributed by atoms with van der Waals surface area (Å²) in [6.45, 7) is 0.0851. The van der Waals surface area contributed by atoms with E-state index in [0.29, 0.717) is 0 Å². The van der Waals surface area contributed by atoms with Crippen molar-refractivity contribution in [1.29, 1.82) is 0 Å². The van der Waals surface area contributed by atoms with E-state index in [1.807, 2.05) is 0 Å². The first-order chi connectivity index (χ1) is 9.14. The first-order valence-corrected chi connectivity index (χ1v) is 5.09. The minimum absolute atomic E-state index is 0.0515. The number of alkyl halides is 1. The number of rotatable bonds is 9. The summed E-state index contributed by atoms with van der Waals surface area (Å²) >= 11 is 0. The number of hydrogen-bond donors (Lipinski definition) is 0. The Morgan fingerprint density at radius 2 is 1.47 bits per heavy atom. The second-order valence-electron chi connectivity index (χ2n) is 3.30. The van der Waals surface area contributed by atoms with E-state index in [9.17, 15) is 23.6 Å². The molecular formula is C10H9FN4O4. The summed E-state index contributed by atoms with van der Waals surface area (Å²) in [6.07, 6.45) is 2.44. The number of nitrogens with zero attached hydrogens (tertiary/aromatic N) is 4. The molecule has 0 aliphatic heterocycles. The first-order valence-electron chi connectivity index (χ1n) is 5.09. The van der Waals surface area contributed by atoms with Gasteiger partial charge in [0.15, 0.2) is 0 Å². The molecule has 0 heterocycles. The summed E-state index contributed by atoms with van der Waals surface area (Å²) in [7, 11) is 0. The summed E-state index contributed by atoms with van der Waals surface area (Å²) in [5.41, 5.74) is 0. The van der Waals surface area contributed by atoms with Crippen molar-refractivity contribution < 1.29 is 23.6 Å². The Morgan fingerprint density at radius 3 is 1.89 bits per heavy atom. The zero-order chi connectivity index (χ0) is 14.6. The maximum Gasteiger partial charge on any atom is 0.280 e. The zero-order valence-corrected chi connectivity index (χ0v) is 9.71. The number of aliphatic imine (C=N–C) groups is 4. The molecule has 0 amide bonds. The van der Waals surface area contributed by atoms with E-state index in [-0.39, 0.29) is 19.4 Å². The van der Waals surface area contributed by atoms with Gasteiger partial charge in [-0.25, -0.2) is 28.6 Å². The van der Waals surface area contributed by atoms with E-state index < -0.39 is 18.4 Å². The highest BCUT2D eigenvalue weighted by atomic mass is 19.1. The van der Waals surface area contributed by atoms with Crippen LogP contribution in [0.25, 0.3) is 0 Å². The summed E-state index contributed by atoms with van der Waals surface area (Å²) in [4.78, 5) is 52.7. The molecule has 0 spiro atoms. The van der Waals surface area contributed by atoms with Crippen LogP contribution in [-0.2, 0) is 19.2 Å². The van der Waals surface area contributed by atoms with E-state index in [2.05, 4.69) is 20.0 Å². The van der Waals surface area contributed by atoms with Gasteiger partial charge in [0.05, 0.1) is 6.54 Å². The van der Waals surface area contributed by atoms with Gasteiger partial charge in [0.2, 0.25) is 24.3 Å². The summed E-state index contributed by atoms with van der Waals surface area (Å²) in [5.74, 6) is -2.21. The van der Waals surface area contributed by atoms with E-state index in [1.54, 1.807) is 0 Å². The van der Waals surface area contributed by atoms with Crippen molar-refractivity contribution >= 4 is 24.3 Å². The zero-order valence-electron chi connectivity index (χ0n) is 9.71. The lowest BCUT2D eigenvalue weighted by atomic mass is 10.1. The van der Waals surface area contributed by atoms with E-state index >= 15 is 0 Å². The minimum atomic E-state index is -2.21. The Balaban J connectivity index is 4.80. The van der Waals surface area contributed by atoms with Gasteiger partial charge in [-0.15, -0.1) is 0 Å². The largest absolute Gasteiger partial charge is 0.280 e. The van der Waals surface area contributed by atoms with Crippen LogP contribution >= 0.6 is 0 Å². The van der Waals surface area contributed by atoms with E-state index in [4.69, 9.17) is 0 Å². The maximum absolute atomic E-state index is 13.6. The quantitative estimate of drug-likeness (QED) is 0.343. The fourth-order valence-electron chi connectivity index (χ4n) is 1.27. The van der Waals surface area contributed by atoms with Crippen LogP contribution in [0, 0.1) is 0 Å². The van der Waals surface area contributed by atoms with Crippen molar-refractivity contribution in [3.8, 4) is 0 Å². The lowest BCUT2D eigenvalue weighted by Crippen LogP contribution is -2.26. The SMILES string of the molecule is O=C=NCCCC(F)CC(N=C=O)(N=C=O)N=C=O. The predicted octanol–water partition coefficient (Wildman–Crippen LogP) is 0.492. The van der Waals surface area contributed by atoms with Gasteiger partial charge in [0.25, 0.3) is 5.79 Å². The molecule has 0 aromatic rings. The second-order valence-corrected chi connectivity index (χ2v) is 3.30. The molecule has 0 N–H and O–H groups in total. The molecule has 0 aliphatic carbocycles. The van der Waals surface area contributed by atoms with Gasteiger partial charge in [0.1, 0.15) is 6.17 Å². The van der Waals surface area contributed by atoms with Crippen LogP contribution in [0.1, 0.15) is 19.3 Å². The van der Waals surface area contributed by atoms with Crippen molar-refractivity contribution in [2.75, 3.05) is 6.54 Å². The molecule has 0 bridgehead atoms. The molecule has 0 saturated carbocycles. The highest BCUT2D eigenvalue weighted by Crippen LogP contribution is 2.24. The van der Waals surface area contributed by atoms with Crippen molar-refractivity contribution in [2.45, 2.75) is 31.2 Å². The summed E-state index contributed by atoms with van der Waals surface area (Å²) in [6, 6.07) is 0. The van der Waals surface area contributed by atoms with Gasteiger partial charge in [0, 0.05) is 6.42 Å². The molecule has 0 radical (unpaired) electrons. The molecule has 0 rings (SSSR count). The fourth-order valence-corrected chi connectivity index (χ4v) is 1.27. The molecule has 8 nitrogen and oxygen atoms in total. The molecule has 1 atom stereocenters. The van der Waals surface area contributed by atoms with Crippen molar-refractivity contribution in [3.05, 3.63) is 0 Å². The minimum Gasteiger partial charge on any atom is -0.247 e. The number of isocyanates is 4. The highest BCUT2D eigenvalue weighted by Gasteiger charge is 2.33. The highest BCUT2D eigenvalue weighted by molar-refractivity contribution is 5.42. The van der Waals surface area contributed by atoms with Gasteiger partial charge in [-0.2, -0.15) is 15.0 Å². The molecule has 100 valence electrons. The van der Waals surface area contributed by atoms with Crippen molar-refractivity contribution in [2.24, 2.45) is 20.0 Å². The van der Waals surface area contributed by atoms with Crippen LogP contribution in [0.4, 0.5) is 4.39 Å². The predicted molar refractivity (Wildman–Crippen MR) is 58.8 cm³/mol. The molecule has 0 aromatic carbocycles. The van der Waals surface area contributed by atoms with E-state index in [1.165, 1.54) is 6.08 Å². The van der Waals surface area contributed by atoms with Crippen LogP contribution in [0.5, 0.6) is 0 Å². The van der Waals surface area contributed by atoms with Crippen LogP contribution < -0.4 is 0 Å². The second kappa shape index (κ2) is 9.48. The Bertz CT molecular complexity index is 438. The third-order valence-electron chi connectivity index (χ3n) is 2.02. The molecule has 0 aromatic heterocycles. The Kier molecular flexibility index (Phi) is 8.21. The van der Waals surface area contributed by atoms with E-state index in [0.717, 1.165) is 18.2 Å². The van der Waals surface area contributed by atoms with Gasteiger partial charge in [-0.05, 0) is 12.8 Å². The molecule has 0 fully saturated rings. The first kappa shape index (κ1) is 16.4. The molecule has 1 unspecified atom stereocenters. The van der Waals surface area contributed by atoms with Crippen LogP contribution in [0.3, 0.4) is 0 Å². The monoisotopic (exact) mass is 268 g/mol. The Morgan fingerprint density at radius 1 is 0.947 bits per heavy atom. The molecule has 19 heavy (non-hydrogen) atoms. The van der Waals surface area contributed by atoms with Gasteiger partial charge in [-0.3, -0.25) is 0 Å². The van der Waals surface area contributed by atoms with Crippen molar-refractivity contribution in [3.63, 3.8) is 0 Å². The maximum atomic E-state index is 13.6. The number of hydrogen-bond acceptors (Lipinski definition) is 8. The Hall–Kier alpha value is -2.55. The third-order valence-corrected chi connectivity index (χ3v) is 2.02. The fraction of sp³-hybridized carbons (Fsp3) is 0.600. The average molecular weight is 268 g/mol. The third kappa shape index (κ3) is 6.68. The topological polar surface area (TPSA) is 118 Å². The molecular weight excluding hydrogens is 259 g/mol. The lowest BCUT2D eigenvalue weighted by molar-refractivity contribution is 0.236. The van der Waals surface area contributed by atoms with Crippen LogP contribution in [-0.4, -0.2) is 42.8 Å². The molecule has 9 heteroatoms.